The van der Waals surface area contributed by atoms with E-state index in [1.54, 1.807) is 18.3 Å². The van der Waals surface area contributed by atoms with Crippen molar-refractivity contribution < 1.29 is 9.90 Å². The number of carbonyl (C=O) groups is 1. The number of nitrogens with one attached hydrogen (secondary N) is 1. The highest BCUT2D eigenvalue weighted by molar-refractivity contribution is 6.09. The Hall–Kier alpha value is -2.59. The fourth-order valence-corrected chi connectivity index (χ4v) is 3.95. The number of benzene rings is 2. The molecule has 0 radical (unpaired) electrons. The Morgan fingerprint density at radius 2 is 1.85 bits per heavy atom. The van der Waals surface area contributed by atoms with Crippen LogP contribution in [0.4, 0.5) is 0 Å². The Bertz CT molecular complexity index is 893. The molecule has 134 valence electrons. The molecule has 0 aliphatic carbocycles. The van der Waals surface area contributed by atoms with E-state index in [0.717, 1.165) is 37.7 Å². The van der Waals surface area contributed by atoms with E-state index in [9.17, 15) is 9.90 Å². The highest BCUT2D eigenvalue weighted by Crippen LogP contribution is 2.27. The first-order valence-electron chi connectivity index (χ1n) is 9.29. The Morgan fingerprint density at radius 1 is 1.08 bits per heavy atom. The second kappa shape index (κ2) is 7.34. The molecule has 1 aromatic heterocycles. The molecule has 1 aliphatic rings. The average Bonchev–Trinajstić information content (AvgIpc) is 3.10. The second-order valence-electron chi connectivity index (χ2n) is 7.23. The number of nitrogens with zero attached hydrogens (tertiary/aromatic N) is 1. The maximum absolute atomic E-state index is 12.7. The minimum Gasteiger partial charge on any atom is -0.506 e. The number of phenols is 1. The summed E-state index contributed by atoms with van der Waals surface area (Å²) in [6, 6.07) is 15.9. The summed E-state index contributed by atoms with van der Waals surface area (Å²) in [6.45, 7) is 2.38. The molecule has 0 unspecified atom stereocenters. The third kappa shape index (κ3) is 3.51. The van der Waals surface area contributed by atoms with Gasteiger partial charge in [0, 0.05) is 17.1 Å². The first-order valence-corrected chi connectivity index (χ1v) is 9.29. The highest BCUT2D eigenvalue weighted by Gasteiger charge is 2.22. The van der Waals surface area contributed by atoms with Crippen molar-refractivity contribution in [1.29, 1.82) is 0 Å². The number of ketones is 1. The van der Waals surface area contributed by atoms with E-state index in [4.69, 9.17) is 0 Å². The number of aromatic hydroxyl groups is 1. The number of hydrogen-bond donors (Lipinski definition) is 2. The van der Waals surface area contributed by atoms with Gasteiger partial charge < -0.3 is 10.1 Å². The predicted octanol–water partition coefficient (Wildman–Crippen LogP) is 4.01. The van der Waals surface area contributed by atoms with Gasteiger partial charge in [0.15, 0.2) is 5.78 Å². The predicted molar refractivity (Wildman–Crippen MR) is 104 cm³/mol. The van der Waals surface area contributed by atoms with E-state index in [1.165, 1.54) is 5.56 Å². The van der Waals surface area contributed by atoms with Crippen molar-refractivity contribution in [1.82, 2.24) is 9.88 Å². The Kier molecular flexibility index (Phi) is 4.76. The molecule has 3 aromatic rings. The van der Waals surface area contributed by atoms with E-state index in [0.29, 0.717) is 23.5 Å². The summed E-state index contributed by atoms with van der Waals surface area (Å²) in [5, 5.41) is 10.7. The number of piperidine rings is 1. The molecular weight excluding hydrogens is 324 g/mol. The van der Waals surface area contributed by atoms with Gasteiger partial charge in [-0.1, -0.05) is 42.5 Å². The van der Waals surface area contributed by atoms with Gasteiger partial charge in [0.05, 0.1) is 12.1 Å². The number of aromatic nitrogens is 1. The standard InChI is InChI=1S/C22H24N2O2/c25-20-8-4-7-18-19(14-23-22(18)20)21(26)15-24-11-9-17(10-12-24)13-16-5-2-1-3-6-16/h1-8,14,17,23,25H,9-13,15H2. The van der Waals surface area contributed by atoms with Gasteiger partial charge >= 0.3 is 0 Å². The lowest BCUT2D eigenvalue weighted by atomic mass is 9.90. The maximum Gasteiger partial charge on any atom is 0.178 e. The lowest BCUT2D eigenvalue weighted by molar-refractivity contribution is 0.0897. The number of fused-ring (bicyclic) bond motifs is 1. The van der Waals surface area contributed by atoms with Crippen LogP contribution in [-0.2, 0) is 6.42 Å². The lowest BCUT2D eigenvalue weighted by Gasteiger charge is -2.31. The molecular formula is C22H24N2O2. The summed E-state index contributed by atoms with van der Waals surface area (Å²) in [5.41, 5.74) is 2.71. The summed E-state index contributed by atoms with van der Waals surface area (Å²) in [7, 11) is 0. The maximum atomic E-state index is 12.7. The fraction of sp³-hybridized carbons (Fsp3) is 0.318. The molecule has 4 heteroatoms. The number of carbonyl (C=O) groups excluding carboxylic acids is 1. The Labute approximate surface area is 153 Å². The molecule has 0 saturated carbocycles. The second-order valence-corrected chi connectivity index (χ2v) is 7.23. The number of likely N-dealkylation sites (tertiary alicyclic amines) is 1. The van der Waals surface area contributed by atoms with Crippen LogP contribution in [0, 0.1) is 5.92 Å². The Morgan fingerprint density at radius 3 is 2.62 bits per heavy atom. The van der Waals surface area contributed by atoms with Gasteiger partial charge in [-0.05, 0) is 49.9 Å². The summed E-state index contributed by atoms with van der Waals surface area (Å²) in [4.78, 5) is 18.0. The van der Waals surface area contributed by atoms with Gasteiger partial charge in [0.2, 0.25) is 0 Å². The third-order valence-corrected chi connectivity index (χ3v) is 5.44. The molecule has 0 atom stereocenters. The van der Waals surface area contributed by atoms with Crippen LogP contribution >= 0.6 is 0 Å². The van der Waals surface area contributed by atoms with Crippen molar-refractivity contribution in [3.63, 3.8) is 0 Å². The first-order chi connectivity index (χ1) is 12.7. The number of H-pyrrole nitrogens is 1. The molecule has 0 spiro atoms. The minimum absolute atomic E-state index is 0.114. The van der Waals surface area contributed by atoms with E-state index < -0.39 is 0 Å². The van der Waals surface area contributed by atoms with Crippen molar-refractivity contribution in [2.24, 2.45) is 5.92 Å². The number of para-hydroxylation sites is 1. The van der Waals surface area contributed by atoms with Gasteiger partial charge in [-0.25, -0.2) is 0 Å². The monoisotopic (exact) mass is 348 g/mol. The number of rotatable bonds is 5. The van der Waals surface area contributed by atoms with Crippen molar-refractivity contribution in [3.8, 4) is 5.75 Å². The van der Waals surface area contributed by atoms with Crippen LogP contribution in [0.2, 0.25) is 0 Å². The zero-order chi connectivity index (χ0) is 17.9. The Balaban J connectivity index is 1.35. The molecule has 0 bridgehead atoms. The summed E-state index contributed by atoms with van der Waals surface area (Å²) >= 11 is 0. The normalized spacial score (nSPS) is 16.2. The molecule has 2 N–H and O–H groups in total. The number of hydrogen-bond acceptors (Lipinski definition) is 3. The van der Waals surface area contributed by atoms with Crippen molar-refractivity contribution in [3.05, 3.63) is 65.9 Å². The van der Waals surface area contributed by atoms with Crippen LogP contribution in [0.25, 0.3) is 10.9 Å². The molecule has 1 saturated heterocycles. The van der Waals surface area contributed by atoms with Gasteiger partial charge in [0.1, 0.15) is 5.75 Å². The smallest absolute Gasteiger partial charge is 0.178 e. The largest absolute Gasteiger partial charge is 0.506 e. The van der Waals surface area contributed by atoms with Gasteiger partial charge in [-0.2, -0.15) is 0 Å². The average molecular weight is 348 g/mol. The van der Waals surface area contributed by atoms with Gasteiger partial charge in [-0.3, -0.25) is 9.69 Å². The van der Waals surface area contributed by atoms with Crippen LogP contribution in [0.3, 0.4) is 0 Å². The molecule has 1 aliphatic heterocycles. The summed E-state index contributed by atoms with van der Waals surface area (Å²) < 4.78 is 0. The van der Waals surface area contributed by atoms with Crippen LogP contribution in [0.1, 0.15) is 28.8 Å². The molecule has 4 nitrogen and oxygen atoms in total. The van der Waals surface area contributed by atoms with E-state index in [2.05, 4.69) is 40.2 Å². The van der Waals surface area contributed by atoms with Gasteiger partial charge in [0.25, 0.3) is 0 Å². The van der Waals surface area contributed by atoms with Crippen LogP contribution in [0.15, 0.2) is 54.7 Å². The molecule has 1 fully saturated rings. The summed E-state index contributed by atoms with van der Waals surface area (Å²) in [6.07, 6.45) is 5.12. The fourth-order valence-electron chi connectivity index (χ4n) is 3.95. The molecule has 2 aromatic carbocycles. The quantitative estimate of drug-likeness (QED) is 0.685. The minimum atomic E-state index is 0.114. The molecule has 2 heterocycles. The van der Waals surface area contributed by atoms with E-state index in [1.807, 2.05) is 6.07 Å². The number of Topliss-reactive ketones (excluding diaryl/α,β-unsaturated/α-hetero) is 1. The summed E-state index contributed by atoms with van der Waals surface area (Å²) in [5.74, 6) is 1.00. The highest BCUT2D eigenvalue weighted by atomic mass is 16.3. The molecule has 26 heavy (non-hydrogen) atoms. The zero-order valence-electron chi connectivity index (χ0n) is 14.8. The van der Waals surface area contributed by atoms with Crippen molar-refractivity contribution >= 4 is 16.7 Å². The lowest BCUT2D eigenvalue weighted by Crippen LogP contribution is -2.37. The topological polar surface area (TPSA) is 56.3 Å². The number of phenolic OH excluding ortho intramolecular Hbond substituents is 1. The van der Waals surface area contributed by atoms with E-state index in [-0.39, 0.29) is 11.5 Å². The van der Waals surface area contributed by atoms with E-state index >= 15 is 0 Å². The third-order valence-electron chi connectivity index (χ3n) is 5.44. The van der Waals surface area contributed by atoms with Gasteiger partial charge in [-0.15, -0.1) is 0 Å². The van der Waals surface area contributed by atoms with Crippen molar-refractivity contribution in [2.45, 2.75) is 19.3 Å². The first kappa shape index (κ1) is 16.9. The van der Waals surface area contributed by atoms with Crippen LogP contribution in [-0.4, -0.2) is 40.4 Å². The number of aromatic amines is 1. The molecule has 0 amide bonds. The van der Waals surface area contributed by atoms with Crippen molar-refractivity contribution in [2.75, 3.05) is 19.6 Å². The van der Waals surface area contributed by atoms with Crippen LogP contribution < -0.4 is 0 Å². The van der Waals surface area contributed by atoms with Crippen LogP contribution in [0.5, 0.6) is 5.75 Å². The molecule has 4 rings (SSSR count). The zero-order valence-corrected chi connectivity index (χ0v) is 14.8. The SMILES string of the molecule is O=C(CN1CCC(Cc2ccccc2)CC1)c1c[nH]c2c(O)cccc12.